The molecule has 30 heavy (non-hydrogen) atoms. The van der Waals surface area contributed by atoms with Gasteiger partial charge < -0.3 is 14.4 Å². The van der Waals surface area contributed by atoms with E-state index in [4.69, 9.17) is 9.47 Å². The third-order valence-electron chi connectivity index (χ3n) is 5.43. The normalized spacial score (nSPS) is 16.6. The van der Waals surface area contributed by atoms with E-state index in [1.165, 1.54) is 4.90 Å². The molecule has 0 unspecified atom stereocenters. The molecule has 1 saturated heterocycles. The minimum atomic E-state index is -0.297. The molecule has 0 radical (unpaired) electrons. The van der Waals surface area contributed by atoms with Crippen molar-refractivity contribution in [3.63, 3.8) is 0 Å². The van der Waals surface area contributed by atoms with Crippen molar-refractivity contribution in [3.8, 4) is 11.5 Å². The highest BCUT2D eigenvalue weighted by Gasteiger charge is 2.42. The number of anilines is 1. The maximum absolute atomic E-state index is 13.5. The second-order valence-corrected chi connectivity index (χ2v) is 7.43. The Bertz CT molecular complexity index is 958. The van der Waals surface area contributed by atoms with Crippen LogP contribution >= 0.6 is 0 Å². The van der Waals surface area contributed by atoms with Crippen molar-refractivity contribution in [2.24, 2.45) is 0 Å². The summed E-state index contributed by atoms with van der Waals surface area (Å²) in [6.45, 7) is 4.26. The summed E-state index contributed by atoms with van der Waals surface area (Å²) in [5.74, 6) is 0.865. The van der Waals surface area contributed by atoms with Crippen molar-refractivity contribution in [1.29, 1.82) is 0 Å². The summed E-state index contributed by atoms with van der Waals surface area (Å²) in [6.07, 6.45) is 2.96. The lowest BCUT2D eigenvalue weighted by Gasteiger charge is -2.20. The van der Waals surface area contributed by atoms with Crippen LogP contribution in [0.3, 0.4) is 0 Å². The van der Waals surface area contributed by atoms with E-state index in [-0.39, 0.29) is 11.8 Å². The van der Waals surface area contributed by atoms with Gasteiger partial charge in [-0.1, -0.05) is 19.1 Å². The number of amides is 2. The van der Waals surface area contributed by atoms with Crippen LogP contribution in [0.1, 0.15) is 31.7 Å². The van der Waals surface area contributed by atoms with Crippen molar-refractivity contribution in [3.05, 3.63) is 59.8 Å². The van der Waals surface area contributed by atoms with Gasteiger partial charge in [0.2, 0.25) is 0 Å². The summed E-state index contributed by atoms with van der Waals surface area (Å²) in [5, 5.41) is 0. The van der Waals surface area contributed by atoms with Gasteiger partial charge in [-0.2, -0.15) is 0 Å². The highest BCUT2D eigenvalue weighted by atomic mass is 16.5. The van der Waals surface area contributed by atoms with Gasteiger partial charge in [0.05, 0.1) is 25.0 Å². The molecule has 4 rings (SSSR count). The molecule has 0 aliphatic carbocycles. The molecular formula is C24H26N2O4. The molecule has 2 amide bonds. The molecule has 156 valence electrons. The number of benzene rings is 2. The monoisotopic (exact) mass is 406 g/mol. The summed E-state index contributed by atoms with van der Waals surface area (Å²) in [5.41, 5.74) is 2.23. The number of imide groups is 1. The third kappa shape index (κ3) is 3.65. The lowest BCUT2D eigenvalue weighted by Crippen LogP contribution is -2.34. The van der Waals surface area contributed by atoms with Crippen LogP contribution < -0.4 is 14.4 Å². The minimum absolute atomic E-state index is 0.270. The van der Waals surface area contributed by atoms with E-state index in [0.29, 0.717) is 29.3 Å². The van der Waals surface area contributed by atoms with Crippen LogP contribution in [0.25, 0.3) is 5.57 Å². The zero-order chi connectivity index (χ0) is 21.1. The molecule has 0 saturated carbocycles. The van der Waals surface area contributed by atoms with E-state index >= 15 is 0 Å². The Morgan fingerprint density at radius 1 is 0.867 bits per heavy atom. The molecule has 1 fully saturated rings. The highest BCUT2D eigenvalue weighted by Crippen LogP contribution is 2.37. The van der Waals surface area contributed by atoms with Crippen LogP contribution in [0, 0.1) is 0 Å². The second kappa shape index (κ2) is 8.61. The minimum Gasteiger partial charge on any atom is -0.497 e. The van der Waals surface area contributed by atoms with Crippen LogP contribution in [0.2, 0.25) is 0 Å². The van der Waals surface area contributed by atoms with Gasteiger partial charge in [0.25, 0.3) is 11.8 Å². The molecule has 2 heterocycles. The van der Waals surface area contributed by atoms with Gasteiger partial charge >= 0.3 is 0 Å². The zero-order valence-corrected chi connectivity index (χ0v) is 17.4. The van der Waals surface area contributed by atoms with Crippen molar-refractivity contribution in [2.45, 2.75) is 26.2 Å². The van der Waals surface area contributed by atoms with Gasteiger partial charge in [0, 0.05) is 13.1 Å². The molecule has 2 aromatic rings. The van der Waals surface area contributed by atoms with Crippen LogP contribution in [-0.2, 0) is 9.59 Å². The Labute approximate surface area is 176 Å². The number of rotatable bonds is 7. The number of ether oxygens (including phenoxy) is 2. The second-order valence-electron chi connectivity index (χ2n) is 7.43. The first kappa shape index (κ1) is 20.0. The average molecular weight is 406 g/mol. The van der Waals surface area contributed by atoms with E-state index in [1.54, 1.807) is 31.4 Å². The molecule has 0 N–H and O–H groups in total. The van der Waals surface area contributed by atoms with Crippen molar-refractivity contribution in [1.82, 2.24) is 4.90 Å². The van der Waals surface area contributed by atoms with Crippen molar-refractivity contribution in [2.75, 3.05) is 31.7 Å². The number of hydrogen-bond acceptors (Lipinski definition) is 5. The lowest BCUT2D eigenvalue weighted by atomic mass is 10.0. The molecule has 0 bridgehead atoms. The zero-order valence-electron chi connectivity index (χ0n) is 17.4. The topological polar surface area (TPSA) is 59.1 Å². The predicted molar refractivity (Wildman–Crippen MR) is 115 cm³/mol. The molecule has 2 aromatic carbocycles. The average Bonchev–Trinajstić information content (AvgIpc) is 3.39. The Hall–Kier alpha value is -3.28. The number of likely N-dealkylation sites (tertiary alicyclic amines) is 1. The fourth-order valence-electron chi connectivity index (χ4n) is 3.92. The van der Waals surface area contributed by atoms with Gasteiger partial charge in [-0.3, -0.25) is 9.59 Å². The van der Waals surface area contributed by atoms with Gasteiger partial charge in [0.1, 0.15) is 17.2 Å². The van der Waals surface area contributed by atoms with E-state index in [9.17, 15) is 9.59 Å². The third-order valence-corrected chi connectivity index (χ3v) is 5.43. The molecule has 2 aliphatic heterocycles. The summed E-state index contributed by atoms with van der Waals surface area (Å²) >= 11 is 0. The van der Waals surface area contributed by atoms with Crippen LogP contribution in [-0.4, -0.2) is 43.5 Å². The SMILES string of the molecule is CCCOc1ccc(C2=C(N3CCCC3)C(=O)N(c3ccc(OC)cc3)C2=O)cc1. The number of methoxy groups -OCH3 is 1. The van der Waals surface area contributed by atoms with Gasteiger partial charge in [0.15, 0.2) is 0 Å². The molecule has 0 aromatic heterocycles. The molecule has 6 heteroatoms. The first-order valence-electron chi connectivity index (χ1n) is 10.4. The molecule has 2 aliphatic rings. The summed E-state index contributed by atoms with van der Waals surface area (Å²) in [6, 6.07) is 14.4. The predicted octanol–water partition coefficient (Wildman–Crippen LogP) is 3.86. The van der Waals surface area contributed by atoms with E-state index in [0.717, 1.165) is 43.7 Å². The van der Waals surface area contributed by atoms with E-state index in [1.807, 2.05) is 29.2 Å². The fourth-order valence-corrected chi connectivity index (χ4v) is 3.92. The van der Waals surface area contributed by atoms with Crippen molar-refractivity contribution < 1.29 is 19.1 Å². The molecular weight excluding hydrogens is 380 g/mol. The molecule has 6 nitrogen and oxygen atoms in total. The van der Waals surface area contributed by atoms with Crippen LogP contribution in [0.4, 0.5) is 5.69 Å². The van der Waals surface area contributed by atoms with Gasteiger partial charge in [-0.25, -0.2) is 4.90 Å². The Morgan fingerprint density at radius 3 is 2.10 bits per heavy atom. The smallest absolute Gasteiger partial charge is 0.282 e. The van der Waals surface area contributed by atoms with E-state index < -0.39 is 0 Å². The molecule has 0 atom stereocenters. The van der Waals surface area contributed by atoms with Crippen molar-refractivity contribution >= 4 is 23.1 Å². The Balaban J connectivity index is 1.72. The Morgan fingerprint density at radius 2 is 1.50 bits per heavy atom. The number of carbonyl (C=O) groups excluding carboxylic acids is 2. The number of carbonyl (C=O) groups is 2. The number of hydrogen-bond donors (Lipinski definition) is 0. The quantitative estimate of drug-likeness (QED) is 0.654. The lowest BCUT2D eigenvalue weighted by molar-refractivity contribution is -0.120. The fraction of sp³-hybridized carbons (Fsp3) is 0.333. The summed E-state index contributed by atoms with van der Waals surface area (Å²) < 4.78 is 10.9. The number of nitrogens with zero attached hydrogens (tertiary/aromatic N) is 2. The Kier molecular flexibility index (Phi) is 5.74. The standard InChI is InChI=1S/C24H26N2O4/c1-3-16-30-20-10-6-17(7-11-20)21-22(25-14-4-5-15-25)24(28)26(23(21)27)18-8-12-19(29-2)13-9-18/h6-13H,3-5,14-16H2,1-2H3. The first-order valence-corrected chi connectivity index (χ1v) is 10.4. The maximum atomic E-state index is 13.5. The summed E-state index contributed by atoms with van der Waals surface area (Å²) in [7, 11) is 1.58. The van der Waals surface area contributed by atoms with E-state index in [2.05, 4.69) is 6.92 Å². The van der Waals surface area contributed by atoms with Crippen LogP contribution in [0.15, 0.2) is 54.2 Å². The van der Waals surface area contributed by atoms with Crippen LogP contribution in [0.5, 0.6) is 11.5 Å². The van der Waals surface area contributed by atoms with Gasteiger partial charge in [-0.05, 0) is 61.2 Å². The first-order chi connectivity index (χ1) is 14.6. The largest absolute Gasteiger partial charge is 0.497 e. The summed E-state index contributed by atoms with van der Waals surface area (Å²) in [4.78, 5) is 30.2. The van der Waals surface area contributed by atoms with Gasteiger partial charge in [-0.15, -0.1) is 0 Å². The highest BCUT2D eigenvalue weighted by molar-refractivity contribution is 6.45. The maximum Gasteiger partial charge on any atom is 0.282 e. The molecule has 0 spiro atoms.